The van der Waals surface area contributed by atoms with E-state index in [4.69, 9.17) is 33.4 Å². The lowest BCUT2D eigenvalue weighted by Gasteiger charge is -2.54. The number of esters is 1. The minimum Gasteiger partial charge on any atom is -0.459 e. The summed E-state index contributed by atoms with van der Waals surface area (Å²) < 4.78 is 39.4. The summed E-state index contributed by atoms with van der Waals surface area (Å²) in [6.07, 6.45) is -7.81. The lowest BCUT2D eigenvalue weighted by atomic mass is 9.75. The topological polar surface area (TPSA) is 256 Å². The molecule has 8 N–H and O–H groups in total. The predicted molar refractivity (Wildman–Crippen MR) is 250 cm³/mol. The molecule has 3 aliphatic heterocycles. The fourth-order valence-corrected chi connectivity index (χ4v) is 10.7. The van der Waals surface area contributed by atoms with Crippen LogP contribution in [0.4, 0.5) is 4.79 Å². The van der Waals surface area contributed by atoms with Crippen LogP contribution in [-0.2, 0) is 33.2 Å². The fourth-order valence-electron chi connectivity index (χ4n) is 10.7. The van der Waals surface area contributed by atoms with Crippen LogP contribution in [0.15, 0.2) is 6.07 Å². The number of carbonyl (C=O) groups excluding carboxylic acids is 2. The van der Waals surface area contributed by atoms with Crippen molar-refractivity contribution < 1.29 is 63.5 Å². The van der Waals surface area contributed by atoms with Gasteiger partial charge in [0.2, 0.25) is 5.79 Å². The minimum absolute atomic E-state index is 0.00722. The number of likely N-dealkylation sites (N-methyl/N-ethyl adjacent to an activating group) is 1. The zero-order chi connectivity index (χ0) is 50.6. The first-order chi connectivity index (χ1) is 31.1. The third-order valence-electron chi connectivity index (χ3n) is 14.8. The van der Waals surface area contributed by atoms with Crippen LogP contribution in [0.1, 0.15) is 132 Å². The summed E-state index contributed by atoms with van der Waals surface area (Å²) in [5.41, 5.74) is -5.58. The summed E-state index contributed by atoms with van der Waals surface area (Å²) in [4.78, 5) is 38.7. The van der Waals surface area contributed by atoms with Gasteiger partial charge in [-0.1, -0.05) is 27.7 Å². The highest BCUT2D eigenvalue weighted by molar-refractivity contribution is 5.74. The number of aromatic nitrogens is 2. The Kier molecular flexibility index (Phi) is 19.2. The Hall–Kier alpha value is -2.66. The average molecular weight is 955 g/mol. The van der Waals surface area contributed by atoms with E-state index in [2.05, 4.69) is 20.9 Å². The van der Waals surface area contributed by atoms with Crippen LogP contribution in [0.3, 0.4) is 0 Å². The van der Waals surface area contributed by atoms with Gasteiger partial charge in [-0.2, -0.15) is 0 Å². The minimum atomic E-state index is -2.42. The Labute approximate surface area is 398 Å². The van der Waals surface area contributed by atoms with Crippen molar-refractivity contribution in [1.82, 2.24) is 30.8 Å². The van der Waals surface area contributed by atoms with E-state index in [1.807, 2.05) is 20.8 Å². The van der Waals surface area contributed by atoms with Gasteiger partial charge in [-0.05, 0) is 113 Å². The number of aliphatic hydroxyl groups excluding tert-OH is 1. The van der Waals surface area contributed by atoms with Gasteiger partial charge in [0.05, 0.1) is 47.7 Å². The fraction of sp³-hybridized carbons (Fsp3) is 0.875. The van der Waals surface area contributed by atoms with Gasteiger partial charge in [0.15, 0.2) is 12.4 Å². The number of hydrogen-bond acceptors (Lipinski definition) is 17. The molecule has 67 heavy (non-hydrogen) atoms. The van der Waals surface area contributed by atoms with Crippen LogP contribution in [0.25, 0.3) is 0 Å². The number of aliphatic hydroxyl groups is 5. The molecule has 1 aromatic heterocycles. The Morgan fingerprint density at radius 2 is 1.67 bits per heavy atom. The quantitative estimate of drug-likeness (QED) is 0.0852. The zero-order valence-corrected chi connectivity index (χ0v) is 43.1. The molecule has 3 fully saturated rings. The molecular formula is C48H86N6O13. The molecule has 386 valence electrons. The number of nitrogens with one attached hydrogen (secondary N) is 3. The second-order valence-electron chi connectivity index (χ2n) is 20.6. The maximum atomic E-state index is 14.7. The van der Waals surface area contributed by atoms with Crippen molar-refractivity contribution in [3.63, 3.8) is 0 Å². The van der Waals surface area contributed by atoms with E-state index in [9.17, 15) is 35.1 Å². The number of ether oxygens (including phenoxy) is 6. The number of amides is 2. The summed E-state index contributed by atoms with van der Waals surface area (Å²) in [6.45, 7) is 23.7. The van der Waals surface area contributed by atoms with Crippen molar-refractivity contribution in [1.29, 1.82) is 0 Å². The second kappa shape index (κ2) is 22.6. The first-order valence-corrected chi connectivity index (χ1v) is 24.2. The zero-order valence-electron chi connectivity index (χ0n) is 43.1. The first-order valence-electron chi connectivity index (χ1n) is 24.2. The van der Waals surface area contributed by atoms with Crippen molar-refractivity contribution in [3.05, 3.63) is 23.3 Å². The van der Waals surface area contributed by atoms with Crippen LogP contribution in [-0.4, -0.2) is 176 Å². The maximum Gasteiger partial charge on any atom is 0.317 e. The van der Waals surface area contributed by atoms with Gasteiger partial charge >= 0.3 is 12.0 Å². The second-order valence-corrected chi connectivity index (χ2v) is 20.6. The van der Waals surface area contributed by atoms with E-state index < -0.39 is 113 Å². The van der Waals surface area contributed by atoms with Gasteiger partial charge in [0.1, 0.15) is 34.8 Å². The number of nitrogens with zero attached hydrogens (tertiary/aromatic N) is 3. The Balaban J connectivity index is 1.98. The number of cyclic esters (lactones) is 1. The Morgan fingerprint density at radius 1 is 1.01 bits per heavy atom. The molecule has 4 rings (SSSR count). The average Bonchev–Trinajstić information content (AvgIpc) is 3.26. The van der Waals surface area contributed by atoms with Crippen molar-refractivity contribution in [3.8, 4) is 0 Å². The molecule has 0 bridgehead atoms. The molecule has 0 aliphatic carbocycles. The lowest BCUT2D eigenvalue weighted by molar-refractivity contribution is -0.368. The standard InChI is InChI=1S/C48H86N6O13/c1-17-19-50-25-47(60)32(9)64-37(23-45(47,12)62-16)66-38-29(6)40(44(11,58)22-26(3)24-51-31(8)39(55)46(13,59)36(18-2)65-42(56)30(38)7)67-48(61)35(54(15)43(57)49-14)21-28(5)63-41(48)34-20-27(4)52-33(10)53-34/h20,26,28-32,35-41,50-51,55,58-61H,17-19,21-25H2,1-16H3,(H,49,57)/t26-,28?,29+,30-,31-,32+,35?,36-,37+,38+,39-,40-,41?,44-,45-,46-,47+,48?/m1/s1. The lowest BCUT2D eigenvalue weighted by Crippen LogP contribution is -2.70. The third-order valence-corrected chi connectivity index (χ3v) is 14.8. The molecule has 2 amide bonds. The number of hydrogen-bond donors (Lipinski definition) is 8. The summed E-state index contributed by atoms with van der Waals surface area (Å²) >= 11 is 0. The molecule has 0 saturated carbocycles. The van der Waals surface area contributed by atoms with Gasteiger partial charge in [0.25, 0.3) is 0 Å². The SMILES string of the molecule is CCCNC[C@]1(O)[C@H](C)O[C@@H](O[C@H]2[C@H](C)[C@@H](OC3(O)C(c4cc(C)nc(C)n4)OC(C)CC3N(C)C(=O)NC)[C@](C)(O)C[C@@H](C)CN[C@H](C)[C@@H](O)[C@](C)(O)[C@@H](CC)OC(=O)[C@@H]2C)C[C@@]1(C)OC. The number of methoxy groups -OCH3 is 1. The molecule has 3 saturated heterocycles. The summed E-state index contributed by atoms with van der Waals surface area (Å²) in [5.74, 6) is -5.30. The third kappa shape index (κ3) is 12.3. The molecule has 4 heterocycles. The molecule has 1 aromatic rings. The van der Waals surface area contributed by atoms with Crippen molar-refractivity contribution in [2.45, 2.75) is 211 Å². The van der Waals surface area contributed by atoms with Crippen LogP contribution in [0.5, 0.6) is 0 Å². The highest BCUT2D eigenvalue weighted by atomic mass is 16.7. The smallest absolute Gasteiger partial charge is 0.317 e. The summed E-state index contributed by atoms with van der Waals surface area (Å²) in [7, 11) is 4.53. The van der Waals surface area contributed by atoms with Gasteiger partial charge < -0.3 is 74.8 Å². The van der Waals surface area contributed by atoms with Crippen LogP contribution in [0, 0.1) is 31.6 Å². The number of carbonyl (C=O) groups is 2. The molecular weight excluding hydrogens is 869 g/mol. The van der Waals surface area contributed by atoms with Crippen molar-refractivity contribution in [2.24, 2.45) is 17.8 Å². The summed E-state index contributed by atoms with van der Waals surface area (Å²) in [5, 5.41) is 71.4. The largest absolute Gasteiger partial charge is 0.459 e. The molecule has 0 spiro atoms. The van der Waals surface area contributed by atoms with Crippen LogP contribution < -0.4 is 16.0 Å². The van der Waals surface area contributed by atoms with Crippen molar-refractivity contribution in [2.75, 3.05) is 40.8 Å². The van der Waals surface area contributed by atoms with E-state index in [1.54, 1.807) is 75.4 Å². The Morgan fingerprint density at radius 3 is 2.25 bits per heavy atom. The molecule has 0 aromatic carbocycles. The Bertz CT molecular complexity index is 1770. The van der Waals surface area contributed by atoms with Gasteiger partial charge in [-0.3, -0.25) is 4.79 Å². The molecule has 18 atom stereocenters. The molecule has 19 nitrogen and oxygen atoms in total. The van der Waals surface area contributed by atoms with E-state index >= 15 is 0 Å². The normalized spacial score (nSPS) is 42.8. The highest BCUT2D eigenvalue weighted by Gasteiger charge is 2.61. The maximum absolute atomic E-state index is 14.7. The van der Waals surface area contributed by atoms with Crippen molar-refractivity contribution >= 4 is 12.0 Å². The van der Waals surface area contributed by atoms with E-state index in [1.165, 1.54) is 26.0 Å². The predicted octanol–water partition coefficient (Wildman–Crippen LogP) is 2.79. The van der Waals surface area contributed by atoms with Gasteiger partial charge in [-0.15, -0.1) is 0 Å². The van der Waals surface area contributed by atoms with Gasteiger partial charge in [0, 0.05) is 51.8 Å². The molecule has 3 aliphatic rings. The molecule has 19 heteroatoms. The van der Waals surface area contributed by atoms with E-state index in [0.717, 1.165) is 6.42 Å². The van der Waals surface area contributed by atoms with E-state index in [0.29, 0.717) is 18.1 Å². The number of rotatable bonds is 12. The van der Waals surface area contributed by atoms with Gasteiger partial charge in [-0.25, -0.2) is 14.8 Å². The first kappa shape index (κ1) is 56.9. The number of urea groups is 1. The number of aryl methyl sites for hydroxylation is 2. The summed E-state index contributed by atoms with van der Waals surface area (Å²) in [6, 6.07) is -0.601. The van der Waals surface area contributed by atoms with E-state index in [-0.39, 0.29) is 50.4 Å². The molecule has 0 radical (unpaired) electrons. The monoisotopic (exact) mass is 955 g/mol. The van der Waals surface area contributed by atoms with Crippen LogP contribution in [0.2, 0.25) is 0 Å². The molecule has 4 unspecified atom stereocenters. The highest BCUT2D eigenvalue weighted by Crippen LogP contribution is 2.47. The van der Waals surface area contributed by atoms with Crippen LogP contribution >= 0.6 is 0 Å².